The average Bonchev–Trinajstić information content (AvgIpc) is 2.56. The molecule has 0 spiro atoms. The Kier molecular flexibility index (Phi) is 3.41. The monoisotopic (exact) mass is 306 g/mol. The topological polar surface area (TPSA) is 40.5 Å². The van der Waals surface area contributed by atoms with Gasteiger partial charge in [0, 0.05) is 5.41 Å². The van der Waals surface area contributed by atoms with Crippen molar-refractivity contribution in [2.45, 2.75) is 43.9 Å². The molecule has 1 unspecified atom stereocenters. The van der Waals surface area contributed by atoms with Crippen LogP contribution in [0.15, 0.2) is 54.1 Å². The van der Waals surface area contributed by atoms with Crippen molar-refractivity contribution < 1.29 is 10.2 Å². The lowest BCUT2D eigenvalue weighted by atomic mass is 9.59. The van der Waals surface area contributed by atoms with E-state index in [0.29, 0.717) is 11.5 Å². The zero-order valence-corrected chi connectivity index (χ0v) is 13.3. The Balaban J connectivity index is 1.83. The summed E-state index contributed by atoms with van der Waals surface area (Å²) in [5.41, 5.74) is 5.58. The first kappa shape index (κ1) is 14.4. The lowest BCUT2D eigenvalue weighted by Crippen LogP contribution is -2.37. The summed E-state index contributed by atoms with van der Waals surface area (Å²) in [5, 5.41) is 19.4. The largest absolute Gasteiger partial charge is 0.508 e. The number of aromatic hydroxyl groups is 2. The third-order valence-electron chi connectivity index (χ3n) is 5.52. The van der Waals surface area contributed by atoms with Crippen LogP contribution in [0.5, 0.6) is 11.5 Å². The van der Waals surface area contributed by atoms with Crippen LogP contribution in [0, 0.1) is 0 Å². The number of aryl methyl sites for hydroxylation is 1. The van der Waals surface area contributed by atoms with Crippen molar-refractivity contribution in [3.05, 3.63) is 70.8 Å². The summed E-state index contributed by atoms with van der Waals surface area (Å²) >= 11 is 0. The highest BCUT2D eigenvalue weighted by Crippen LogP contribution is 2.50. The molecule has 0 amide bonds. The van der Waals surface area contributed by atoms with Gasteiger partial charge >= 0.3 is 0 Å². The number of hydrogen-bond acceptors (Lipinski definition) is 2. The van der Waals surface area contributed by atoms with E-state index in [-0.39, 0.29) is 5.41 Å². The molecule has 2 N–H and O–H groups in total. The molecule has 2 aliphatic rings. The molecule has 0 bridgehead atoms. The maximum absolute atomic E-state index is 9.85. The molecule has 0 saturated carbocycles. The van der Waals surface area contributed by atoms with E-state index in [2.05, 4.69) is 12.1 Å². The lowest BCUT2D eigenvalue weighted by molar-refractivity contribution is 0.391. The van der Waals surface area contributed by atoms with Gasteiger partial charge in [-0.2, -0.15) is 0 Å². The highest BCUT2D eigenvalue weighted by Gasteiger charge is 2.41. The molecule has 0 heterocycles. The minimum atomic E-state index is 0.0660. The number of allylic oxidation sites excluding steroid dienone is 2. The van der Waals surface area contributed by atoms with Gasteiger partial charge in [0.15, 0.2) is 0 Å². The van der Waals surface area contributed by atoms with Gasteiger partial charge in [0.1, 0.15) is 11.5 Å². The summed E-state index contributed by atoms with van der Waals surface area (Å²) < 4.78 is 0. The van der Waals surface area contributed by atoms with E-state index >= 15 is 0 Å². The standard InChI is InChI=1S/C21H22O2/c22-18-8-4-15(5-9-18)14-21-12-2-1-3-17(21)7-6-16-13-19(23)10-11-20(16)21/h3-5,8-11,13,22-23H,1-2,6-7,12,14H2. The van der Waals surface area contributed by atoms with Gasteiger partial charge in [-0.05, 0) is 79.5 Å². The molecule has 4 rings (SSSR count). The molecule has 2 nitrogen and oxygen atoms in total. The minimum absolute atomic E-state index is 0.0660. The maximum atomic E-state index is 9.85. The quantitative estimate of drug-likeness (QED) is 0.794. The molecule has 0 fully saturated rings. The first-order valence-electron chi connectivity index (χ1n) is 8.47. The van der Waals surface area contributed by atoms with Crippen LogP contribution in [0.2, 0.25) is 0 Å². The third-order valence-corrected chi connectivity index (χ3v) is 5.52. The Hall–Kier alpha value is -2.22. The van der Waals surface area contributed by atoms with Gasteiger partial charge in [0.05, 0.1) is 0 Å². The zero-order valence-electron chi connectivity index (χ0n) is 13.3. The maximum Gasteiger partial charge on any atom is 0.115 e. The van der Waals surface area contributed by atoms with E-state index in [9.17, 15) is 10.2 Å². The van der Waals surface area contributed by atoms with Crippen molar-refractivity contribution in [1.29, 1.82) is 0 Å². The molecule has 2 aromatic rings. The summed E-state index contributed by atoms with van der Waals surface area (Å²) in [4.78, 5) is 0. The summed E-state index contributed by atoms with van der Waals surface area (Å²) in [6.45, 7) is 0. The van der Waals surface area contributed by atoms with E-state index in [0.717, 1.165) is 25.7 Å². The molecule has 2 aromatic carbocycles. The number of phenolic OH excluding ortho intramolecular Hbond substituents is 2. The molecule has 23 heavy (non-hydrogen) atoms. The zero-order chi connectivity index (χ0) is 15.9. The van der Waals surface area contributed by atoms with Crippen molar-refractivity contribution in [2.24, 2.45) is 0 Å². The Labute approximate surface area is 137 Å². The van der Waals surface area contributed by atoms with E-state index in [1.165, 1.54) is 29.5 Å². The second kappa shape index (κ2) is 5.45. The van der Waals surface area contributed by atoms with Gasteiger partial charge in [0.25, 0.3) is 0 Å². The molecule has 0 aromatic heterocycles. The van der Waals surface area contributed by atoms with Crippen LogP contribution in [0.3, 0.4) is 0 Å². The normalized spacial score (nSPS) is 22.9. The average molecular weight is 306 g/mol. The molecule has 1 atom stereocenters. The fourth-order valence-electron chi connectivity index (χ4n) is 4.47. The Morgan fingerprint density at radius 2 is 1.70 bits per heavy atom. The second-order valence-corrected chi connectivity index (χ2v) is 6.89. The van der Waals surface area contributed by atoms with Crippen LogP contribution in [-0.2, 0) is 18.3 Å². The van der Waals surface area contributed by atoms with Gasteiger partial charge < -0.3 is 10.2 Å². The smallest absolute Gasteiger partial charge is 0.115 e. The van der Waals surface area contributed by atoms with Crippen molar-refractivity contribution in [3.63, 3.8) is 0 Å². The van der Waals surface area contributed by atoms with Gasteiger partial charge in [-0.3, -0.25) is 0 Å². The minimum Gasteiger partial charge on any atom is -0.508 e. The van der Waals surface area contributed by atoms with Crippen LogP contribution in [0.4, 0.5) is 0 Å². The molecule has 2 heteroatoms. The Morgan fingerprint density at radius 1 is 0.913 bits per heavy atom. The SMILES string of the molecule is Oc1ccc(CC23CCCC=C2CCc2cc(O)ccc23)cc1. The third kappa shape index (κ3) is 2.42. The molecule has 118 valence electrons. The van der Waals surface area contributed by atoms with Crippen LogP contribution in [0.25, 0.3) is 0 Å². The fourth-order valence-corrected chi connectivity index (χ4v) is 4.47. The van der Waals surface area contributed by atoms with Gasteiger partial charge in [0.2, 0.25) is 0 Å². The molecule has 0 saturated heterocycles. The summed E-state index contributed by atoms with van der Waals surface area (Å²) in [7, 11) is 0. The van der Waals surface area contributed by atoms with Crippen molar-refractivity contribution in [1.82, 2.24) is 0 Å². The van der Waals surface area contributed by atoms with Gasteiger partial charge in [-0.25, -0.2) is 0 Å². The lowest BCUT2D eigenvalue weighted by Gasteiger charge is -2.44. The van der Waals surface area contributed by atoms with Crippen LogP contribution in [0.1, 0.15) is 42.4 Å². The Morgan fingerprint density at radius 3 is 2.52 bits per heavy atom. The second-order valence-electron chi connectivity index (χ2n) is 6.89. The number of fused-ring (bicyclic) bond motifs is 3. The van der Waals surface area contributed by atoms with Crippen LogP contribution < -0.4 is 0 Å². The van der Waals surface area contributed by atoms with Crippen molar-refractivity contribution in [3.8, 4) is 11.5 Å². The number of rotatable bonds is 2. The molecule has 0 radical (unpaired) electrons. The summed E-state index contributed by atoms with van der Waals surface area (Å²) in [6.07, 6.45) is 9.08. The number of benzene rings is 2. The highest BCUT2D eigenvalue weighted by atomic mass is 16.3. The van der Waals surface area contributed by atoms with E-state index in [1.54, 1.807) is 17.7 Å². The Bertz CT molecular complexity index is 758. The predicted molar refractivity (Wildman–Crippen MR) is 91.9 cm³/mol. The van der Waals surface area contributed by atoms with E-state index < -0.39 is 0 Å². The summed E-state index contributed by atoms with van der Waals surface area (Å²) in [5.74, 6) is 0.686. The molecular formula is C21H22O2. The summed E-state index contributed by atoms with van der Waals surface area (Å²) in [6, 6.07) is 13.5. The van der Waals surface area contributed by atoms with Crippen molar-refractivity contribution >= 4 is 0 Å². The molecular weight excluding hydrogens is 284 g/mol. The highest BCUT2D eigenvalue weighted by molar-refractivity contribution is 5.50. The van der Waals surface area contributed by atoms with Crippen LogP contribution in [-0.4, -0.2) is 10.2 Å². The van der Waals surface area contributed by atoms with Crippen LogP contribution >= 0.6 is 0 Å². The molecule has 0 aliphatic heterocycles. The van der Waals surface area contributed by atoms with Crippen molar-refractivity contribution in [2.75, 3.05) is 0 Å². The van der Waals surface area contributed by atoms with E-state index in [1.807, 2.05) is 24.3 Å². The van der Waals surface area contributed by atoms with E-state index in [4.69, 9.17) is 0 Å². The fraction of sp³-hybridized carbons (Fsp3) is 0.333. The number of phenols is 2. The van der Waals surface area contributed by atoms with Gasteiger partial charge in [-0.1, -0.05) is 29.8 Å². The van der Waals surface area contributed by atoms with Gasteiger partial charge in [-0.15, -0.1) is 0 Å². The first-order chi connectivity index (χ1) is 11.2. The number of hydrogen-bond donors (Lipinski definition) is 2. The molecule has 2 aliphatic carbocycles. The first-order valence-corrected chi connectivity index (χ1v) is 8.47. The predicted octanol–water partition coefficient (Wildman–Crippen LogP) is 4.63.